The lowest BCUT2D eigenvalue weighted by molar-refractivity contribution is -0.137. The number of carbonyl (C=O) groups excluding carboxylic acids is 2. The Morgan fingerprint density at radius 2 is 1.83 bits per heavy atom. The predicted molar refractivity (Wildman–Crippen MR) is 89.1 cm³/mol. The lowest BCUT2D eigenvalue weighted by Gasteiger charge is -2.27. The minimum absolute atomic E-state index is 0.122. The molecule has 3 aliphatic rings. The van der Waals surface area contributed by atoms with Gasteiger partial charge in [0, 0.05) is 57.0 Å². The number of fused-ring (bicyclic) bond motifs is 2. The highest BCUT2D eigenvalue weighted by molar-refractivity contribution is 7.10. The van der Waals surface area contributed by atoms with Gasteiger partial charge in [0.2, 0.25) is 11.8 Å². The van der Waals surface area contributed by atoms with Crippen LogP contribution in [0.4, 0.5) is 0 Å². The lowest BCUT2D eigenvalue weighted by atomic mass is 10.0. The van der Waals surface area contributed by atoms with Gasteiger partial charge in [-0.3, -0.25) is 9.59 Å². The summed E-state index contributed by atoms with van der Waals surface area (Å²) in [5, 5.41) is 5.48. The molecule has 23 heavy (non-hydrogen) atoms. The molecule has 2 atom stereocenters. The number of likely N-dealkylation sites (tertiary alicyclic amines) is 1. The first-order chi connectivity index (χ1) is 11.2. The Balaban J connectivity index is 1.26. The molecule has 0 radical (unpaired) electrons. The molecule has 4 rings (SSSR count). The van der Waals surface area contributed by atoms with Crippen LogP contribution >= 0.6 is 11.3 Å². The minimum Gasteiger partial charge on any atom is -0.342 e. The Bertz CT molecular complexity index is 603. The Hall–Kier alpha value is -1.40. The number of nitrogens with one attached hydrogen (secondary N) is 1. The molecule has 5 nitrogen and oxygen atoms in total. The van der Waals surface area contributed by atoms with Gasteiger partial charge in [0.15, 0.2) is 0 Å². The van der Waals surface area contributed by atoms with Gasteiger partial charge >= 0.3 is 0 Å². The first-order valence-corrected chi connectivity index (χ1v) is 9.40. The van der Waals surface area contributed by atoms with Crippen LogP contribution in [-0.2, 0) is 22.6 Å². The van der Waals surface area contributed by atoms with Crippen LogP contribution in [-0.4, -0.2) is 54.3 Å². The maximum absolute atomic E-state index is 12.4. The molecule has 2 fully saturated rings. The van der Waals surface area contributed by atoms with E-state index < -0.39 is 0 Å². The van der Waals surface area contributed by atoms with E-state index in [1.807, 2.05) is 9.80 Å². The van der Waals surface area contributed by atoms with Crippen molar-refractivity contribution in [1.82, 2.24) is 15.1 Å². The first-order valence-electron chi connectivity index (χ1n) is 8.52. The van der Waals surface area contributed by atoms with Gasteiger partial charge in [0.05, 0.1) is 0 Å². The normalized spacial score (nSPS) is 26.3. The van der Waals surface area contributed by atoms with Crippen molar-refractivity contribution in [2.24, 2.45) is 11.8 Å². The second kappa shape index (κ2) is 6.24. The molecule has 6 heteroatoms. The third-order valence-electron chi connectivity index (χ3n) is 5.46. The van der Waals surface area contributed by atoms with Crippen molar-refractivity contribution in [3.8, 4) is 0 Å². The van der Waals surface area contributed by atoms with Crippen molar-refractivity contribution in [2.75, 3.05) is 32.7 Å². The summed E-state index contributed by atoms with van der Waals surface area (Å²) in [5.41, 5.74) is 1.28. The molecular weight excluding hydrogens is 310 g/mol. The zero-order valence-corrected chi connectivity index (χ0v) is 14.1. The number of thiophene rings is 1. The van der Waals surface area contributed by atoms with E-state index in [0.717, 1.165) is 39.1 Å². The third kappa shape index (κ3) is 3.02. The van der Waals surface area contributed by atoms with Crippen LogP contribution < -0.4 is 5.32 Å². The molecule has 1 aromatic heterocycles. The van der Waals surface area contributed by atoms with Crippen molar-refractivity contribution < 1.29 is 9.59 Å². The van der Waals surface area contributed by atoms with Gasteiger partial charge in [-0.1, -0.05) is 0 Å². The second-order valence-corrected chi connectivity index (χ2v) is 7.91. The summed E-state index contributed by atoms with van der Waals surface area (Å²) in [6.07, 6.45) is 1.66. The molecule has 0 saturated carbocycles. The Labute approximate surface area is 140 Å². The standard InChI is InChI=1S/C17H23N3O2S/c21-16(19-5-3-15-12(9-19)4-6-23-15)1-2-17(22)20-10-13-7-18-8-14(13)11-20/h4,6,13-14,18H,1-3,5,7-11H2/t13-,14+. The van der Waals surface area contributed by atoms with Crippen LogP contribution in [0.15, 0.2) is 11.4 Å². The number of carbonyl (C=O) groups is 2. The highest BCUT2D eigenvalue weighted by atomic mass is 32.1. The fourth-order valence-electron chi connectivity index (χ4n) is 4.05. The van der Waals surface area contributed by atoms with Crippen molar-refractivity contribution >= 4 is 23.2 Å². The van der Waals surface area contributed by atoms with Gasteiger partial charge in [0.1, 0.15) is 0 Å². The number of nitrogens with zero attached hydrogens (tertiary/aromatic N) is 2. The zero-order valence-electron chi connectivity index (χ0n) is 13.3. The summed E-state index contributed by atoms with van der Waals surface area (Å²) in [6, 6.07) is 2.11. The fourth-order valence-corrected chi connectivity index (χ4v) is 4.94. The van der Waals surface area contributed by atoms with Crippen molar-refractivity contribution in [3.63, 3.8) is 0 Å². The minimum atomic E-state index is 0.122. The van der Waals surface area contributed by atoms with Crippen molar-refractivity contribution in [3.05, 3.63) is 21.9 Å². The van der Waals surface area contributed by atoms with Gasteiger partial charge in [-0.05, 0) is 35.3 Å². The highest BCUT2D eigenvalue weighted by Gasteiger charge is 2.37. The van der Waals surface area contributed by atoms with Gasteiger partial charge in [-0.2, -0.15) is 0 Å². The lowest BCUT2D eigenvalue weighted by Crippen LogP contribution is -2.37. The van der Waals surface area contributed by atoms with E-state index in [0.29, 0.717) is 31.2 Å². The number of amides is 2. The maximum Gasteiger partial charge on any atom is 0.223 e. The average Bonchev–Trinajstić information content (AvgIpc) is 3.25. The quantitative estimate of drug-likeness (QED) is 0.901. The van der Waals surface area contributed by atoms with E-state index in [4.69, 9.17) is 0 Å². The summed E-state index contributed by atoms with van der Waals surface area (Å²) in [4.78, 5) is 30.0. The smallest absolute Gasteiger partial charge is 0.223 e. The Morgan fingerprint density at radius 1 is 1.13 bits per heavy atom. The predicted octanol–water partition coefficient (Wildman–Crippen LogP) is 1.09. The number of hydrogen-bond donors (Lipinski definition) is 1. The van der Waals surface area contributed by atoms with E-state index in [9.17, 15) is 9.59 Å². The van der Waals surface area contributed by atoms with Crippen LogP contribution in [0.3, 0.4) is 0 Å². The molecule has 0 bridgehead atoms. The van der Waals surface area contributed by atoms with E-state index in [1.165, 1.54) is 10.4 Å². The molecule has 1 aromatic rings. The van der Waals surface area contributed by atoms with Crippen LogP contribution in [0.2, 0.25) is 0 Å². The first kappa shape index (κ1) is 15.1. The van der Waals surface area contributed by atoms with Crippen molar-refractivity contribution in [2.45, 2.75) is 25.8 Å². The molecule has 0 unspecified atom stereocenters. The fraction of sp³-hybridized carbons (Fsp3) is 0.647. The Morgan fingerprint density at radius 3 is 2.57 bits per heavy atom. The summed E-state index contributed by atoms with van der Waals surface area (Å²) in [7, 11) is 0. The maximum atomic E-state index is 12.4. The Kier molecular flexibility index (Phi) is 4.11. The van der Waals surface area contributed by atoms with E-state index in [1.54, 1.807) is 11.3 Å². The number of hydrogen-bond acceptors (Lipinski definition) is 4. The average molecular weight is 333 g/mol. The monoisotopic (exact) mass is 333 g/mol. The zero-order chi connectivity index (χ0) is 15.8. The highest BCUT2D eigenvalue weighted by Crippen LogP contribution is 2.27. The summed E-state index contributed by atoms with van der Waals surface area (Å²) in [6.45, 7) is 5.30. The molecular formula is C17H23N3O2S. The summed E-state index contributed by atoms with van der Waals surface area (Å²) >= 11 is 1.78. The molecule has 2 amide bonds. The van der Waals surface area contributed by atoms with Gasteiger partial charge in [-0.15, -0.1) is 11.3 Å². The molecule has 0 aliphatic carbocycles. The topological polar surface area (TPSA) is 52.7 Å². The second-order valence-electron chi connectivity index (χ2n) is 6.91. The molecule has 3 aliphatic heterocycles. The summed E-state index contributed by atoms with van der Waals surface area (Å²) in [5.74, 6) is 1.51. The van der Waals surface area contributed by atoms with Crippen LogP contribution in [0.1, 0.15) is 23.3 Å². The van der Waals surface area contributed by atoms with Crippen molar-refractivity contribution in [1.29, 1.82) is 0 Å². The third-order valence-corrected chi connectivity index (χ3v) is 6.48. The largest absolute Gasteiger partial charge is 0.342 e. The van der Waals surface area contributed by atoms with Crippen LogP contribution in [0.5, 0.6) is 0 Å². The van der Waals surface area contributed by atoms with Gasteiger partial charge in [-0.25, -0.2) is 0 Å². The SMILES string of the molecule is O=C(CCC(=O)N1C[C@H]2CNC[C@H]2C1)N1CCc2sccc2C1. The van der Waals surface area contributed by atoms with Gasteiger partial charge in [0.25, 0.3) is 0 Å². The van der Waals surface area contributed by atoms with E-state index in [2.05, 4.69) is 16.8 Å². The molecule has 2 saturated heterocycles. The van der Waals surface area contributed by atoms with Crippen LogP contribution in [0, 0.1) is 11.8 Å². The van der Waals surface area contributed by atoms with E-state index >= 15 is 0 Å². The molecule has 0 aromatic carbocycles. The summed E-state index contributed by atoms with van der Waals surface area (Å²) < 4.78 is 0. The molecule has 124 valence electrons. The van der Waals surface area contributed by atoms with E-state index in [-0.39, 0.29) is 11.8 Å². The van der Waals surface area contributed by atoms with Gasteiger partial charge < -0.3 is 15.1 Å². The molecule has 0 spiro atoms. The molecule has 1 N–H and O–H groups in total. The number of rotatable bonds is 3. The molecule has 4 heterocycles. The van der Waals surface area contributed by atoms with Crippen LogP contribution in [0.25, 0.3) is 0 Å².